The van der Waals surface area contributed by atoms with Crippen molar-refractivity contribution < 1.29 is 37.4 Å². The molecule has 1 aromatic carbocycles. The van der Waals surface area contributed by atoms with E-state index in [1.165, 1.54) is 21.8 Å². The molecule has 0 radical (unpaired) electrons. The lowest BCUT2D eigenvalue weighted by molar-refractivity contribution is -0.134. The number of ether oxygens (including phenoxy) is 3. The first-order chi connectivity index (χ1) is 17.3. The van der Waals surface area contributed by atoms with Crippen LogP contribution in [0, 0.1) is 0 Å². The molecule has 1 aromatic rings. The van der Waals surface area contributed by atoms with Crippen LogP contribution in [0.25, 0.3) is 0 Å². The van der Waals surface area contributed by atoms with Crippen molar-refractivity contribution >= 4 is 33.8 Å². The molecule has 0 spiro atoms. The molecular formula is C22H35ClN4O8S. The average molecular weight is 551 g/mol. The van der Waals surface area contributed by atoms with Crippen molar-refractivity contribution in [1.29, 1.82) is 0 Å². The van der Waals surface area contributed by atoms with Gasteiger partial charge in [-0.25, -0.2) is 10.3 Å². The maximum Gasteiger partial charge on any atom is 0.409 e. The average Bonchev–Trinajstić information content (AvgIpc) is 2.90. The van der Waals surface area contributed by atoms with E-state index in [4.69, 9.17) is 31.0 Å². The van der Waals surface area contributed by atoms with Crippen LogP contribution in [0.4, 0.5) is 4.79 Å². The lowest BCUT2D eigenvalue weighted by atomic mass is 10.1. The van der Waals surface area contributed by atoms with Crippen LogP contribution >= 0.6 is 11.6 Å². The van der Waals surface area contributed by atoms with Gasteiger partial charge < -0.3 is 19.1 Å². The molecule has 12 nitrogen and oxygen atoms in total. The van der Waals surface area contributed by atoms with Crippen LogP contribution in [0.3, 0.4) is 0 Å². The highest BCUT2D eigenvalue weighted by molar-refractivity contribution is 7.86. The number of methoxy groups -OCH3 is 1. The Morgan fingerprint density at radius 2 is 1.72 bits per heavy atom. The molecule has 2 aliphatic heterocycles. The minimum absolute atomic E-state index is 0.0255. The summed E-state index contributed by atoms with van der Waals surface area (Å²) in [6.45, 7) is 4.29. The van der Waals surface area contributed by atoms with Gasteiger partial charge in [0.25, 0.3) is 16.1 Å². The SMILES string of the molecule is CC.COCCOC(=O)N1CCN(S(=O)(=O)N2CCC(Oc3ccc(Cl)cc3)CC2)C(C(=O)NO)C1. The van der Waals surface area contributed by atoms with Crippen LogP contribution in [-0.2, 0) is 24.5 Å². The van der Waals surface area contributed by atoms with E-state index in [1.807, 2.05) is 13.8 Å². The van der Waals surface area contributed by atoms with Gasteiger partial charge in [0.1, 0.15) is 24.5 Å². The van der Waals surface area contributed by atoms with Crippen molar-refractivity contribution in [2.75, 3.05) is 53.0 Å². The number of piperidine rings is 1. The quantitative estimate of drug-likeness (QED) is 0.283. The fraction of sp³-hybridized carbons (Fsp3) is 0.636. The minimum Gasteiger partial charge on any atom is -0.490 e. The summed E-state index contributed by atoms with van der Waals surface area (Å²) in [5.74, 6) is -0.280. The normalized spacial score (nSPS) is 19.7. The Bertz CT molecular complexity index is 942. The number of nitrogens with one attached hydrogen (secondary N) is 1. The maximum absolute atomic E-state index is 13.3. The van der Waals surface area contributed by atoms with Gasteiger partial charge in [-0.3, -0.25) is 10.0 Å². The Morgan fingerprint density at radius 1 is 1.08 bits per heavy atom. The van der Waals surface area contributed by atoms with E-state index in [9.17, 15) is 18.0 Å². The topological polar surface area (TPSA) is 138 Å². The van der Waals surface area contributed by atoms with Crippen molar-refractivity contribution in [3.63, 3.8) is 0 Å². The molecule has 204 valence electrons. The Hall–Kier alpha value is -2.16. The third-order valence-corrected chi connectivity index (χ3v) is 7.95. The third kappa shape index (κ3) is 7.92. The second-order valence-corrected chi connectivity index (χ2v) is 10.2. The molecule has 0 bridgehead atoms. The fourth-order valence-electron chi connectivity index (χ4n) is 3.83. The molecule has 0 aliphatic carbocycles. The van der Waals surface area contributed by atoms with Gasteiger partial charge in [-0.05, 0) is 37.1 Å². The van der Waals surface area contributed by atoms with Crippen LogP contribution in [0.5, 0.6) is 5.75 Å². The number of benzene rings is 1. The van der Waals surface area contributed by atoms with Crippen LogP contribution in [0.2, 0.25) is 5.02 Å². The number of carbonyl (C=O) groups is 2. The highest BCUT2D eigenvalue weighted by Gasteiger charge is 2.44. The van der Waals surface area contributed by atoms with E-state index < -0.39 is 28.3 Å². The highest BCUT2D eigenvalue weighted by Crippen LogP contribution is 2.25. The van der Waals surface area contributed by atoms with Gasteiger partial charge in [0.2, 0.25) is 0 Å². The highest BCUT2D eigenvalue weighted by atomic mass is 35.5. The molecule has 3 rings (SSSR count). The fourth-order valence-corrected chi connectivity index (χ4v) is 5.73. The van der Waals surface area contributed by atoms with Gasteiger partial charge in [-0.15, -0.1) is 0 Å². The van der Waals surface area contributed by atoms with E-state index in [-0.39, 0.29) is 52.0 Å². The van der Waals surface area contributed by atoms with E-state index in [0.717, 1.165) is 4.31 Å². The molecule has 2 heterocycles. The largest absolute Gasteiger partial charge is 0.490 e. The van der Waals surface area contributed by atoms with E-state index in [2.05, 4.69) is 0 Å². The summed E-state index contributed by atoms with van der Waals surface area (Å²) in [6.07, 6.45) is 0.0718. The number of piperazine rings is 1. The first-order valence-corrected chi connectivity index (χ1v) is 13.6. The number of hydrogen-bond donors (Lipinski definition) is 2. The summed E-state index contributed by atoms with van der Waals surface area (Å²) in [5.41, 5.74) is 1.50. The molecule has 2 fully saturated rings. The zero-order valence-corrected chi connectivity index (χ0v) is 22.3. The predicted molar refractivity (Wildman–Crippen MR) is 132 cm³/mol. The third-order valence-electron chi connectivity index (χ3n) is 5.66. The summed E-state index contributed by atoms with van der Waals surface area (Å²) in [7, 11) is -2.57. The Morgan fingerprint density at radius 3 is 2.31 bits per heavy atom. The smallest absolute Gasteiger partial charge is 0.409 e. The number of hydrogen-bond acceptors (Lipinski definition) is 8. The number of nitrogens with zero attached hydrogens (tertiary/aromatic N) is 3. The van der Waals surface area contributed by atoms with Crippen LogP contribution in [0.15, 0.2) is 24.3 Å². The van der Waals surface area contributed by atoms with Crippen molar-refractivity contribution in [1.82, 2.24) is 19.0 Å². The Balaban J connectivity index is 0.00000222. The molecule has 14 heteroatoms. The lowest BCUT2D eigenvalue weighted by Gasteiger charge is -2.42. The molecular weight excluding hydrogens is 516 g/mol. The number of hydroxylamine groups is 1. The molecule has 0 saturated carbocycles. The Labute approximate surface area is 217 Å². The standard InChI is InChI=1S/C20H29ClN4O8S.C2H6/c1-31-12-13-32-20(27)23-10-11-25(18(14-23)19(26)22-28)34(29,30)24-8-6-17(7-9-24)33-16-4-2-15(21)3-5-16;1-2/h2-5,17-18,28H,6-14H2,1H3,(H,22,26);1-2H3. The predicted octanol–water partition coefficient (Wildman–Crippen LogP) is 1.73. The molecule has 2 amide bonds. The maximum atomic E-state index is 13.3. The van der Waals surface area contributed by atoms with Crippen LogP contribution < -0.4 is 10.2 Å². The zero-order valence-electron chi connectivity index (χ0n) is 20.8. The van der Waals surface area contributed by atoms with Crippen molar-refractivity contribution in [3.05, 3.63) is 29.3 Å². The number of amides is 2. The molecule has 1 unspecified atom stereocenters. The van der Waals surface area contributed by atoms with Gasteiger partial charge in [0, 0.05) is 44.9 Å². The van der Waals surface area contributed by atoms with E-state index >= 15 is 0 Å². The van der Waals surface area contributed by atoms with Gasteiger partial charge in [0.15, 0.2) is 0 Å². The summed E-state index contributed by atoms with van der Waals surface area (Å²) >= 11 is 5.89. The first-order valence-electron chi connectivity index (χ1n) is 11.8. The summed E-state index contributed by atoms with van der Waals surface area (Å²) in [6, 6.07) is 5.64. The zero-order chi connectivity index (χ0) is 26.7. The Kier molecular flexibility index (Phi) is 12.1. The van der Waals surface area contributed by atoms with Crippen molar-refractivity contribution in [3.8, 4) is 5.75 Å². The number of carbonyl (C=O) groups excluding carboxylic acids is 2. The molecule has 2 N–H and O–H groups in total. The van der Waals surface area contributed by atoms with Gasteiger partial charge in [-0.2, -0.15) is 17.0 Å². The summed E-state index contributed by atoms with van der Waals surface area (Å²) < 4.78 is 44.8. The molecule has 2 saturated heterocycles. The van der Waals surface area contributed by atoms with Gasteiger partial charge >= 0.3 is 6.09 Å². The van der Waals surface area contributed by atoms with E-state index in [1.54, 1.807) is 24.3 Å². The number of halogens is 1. The van der Waals surface area contributed by atoms with E-state index in [0.29, 0.717) is 23.6 Å². The molecule has 0 aromatic heterocycles. The van der Waals surface area contributed by atoms with Gasteiger partial charge in [0.05, 0.1) is 6.61 Å². The second kappa shape index (κ2) is 14.5. The molecule has 36 heavy (non-hydrogen) atoms. The second-order valence-electron chi connectivity index (χ2n) is 7.83. The van der Waals surface area contributed by atoms with Crippen LogP contribution in [-0.4, -0.2) is 104 Å². The lowest BCUT2D eigenvalue weighted by Crippen LogP contribution is -2.64. The summed E-state index contributed by atoms with van der Waals surface area (Å²) in [5, 5.41) is 9.76. The molecule has 1 atom stereocenters. The minimum atomic E-state index is -4.04. The van der Waals surface area contributed by atoms with Gasteiger partial charge in [-0.1, -0.05) is 25.4 Å². The number of rotatable bonds is 8. The van der Waals surface area contributed by atoms with Crippen molar-refractivity contribution in [2.45, 2.75) is 38.8 Å². The first kappa shape index (κ1) is 30.1. The summed E-state index contributed by atoms with van der Waals surface area (Å²) in [4.78, 5) is 25.8. The molecule has 2 aliphatic rings. The van der Waals surface area contributed by atoms with Crippen LogP contribution in [0.1, 0.15) is 26.7 Å². The monoisotopic (exact) mass is 550 g/mol. The van der Waals surface area contributed by atoms with Crippen molar-refractivity contribution in [2.24, 2.45) is 0 Å².